The molecule has 0 heterocycles. The lowest BCUT2D eigenvalue weighted by atomic mass is 10.1. The Morgan fingerprint density at radius 1 is 1.20 bits per heavy atom. The van der Waals surface area contributed by atoms with Crippen LogP contribution in [0.25, 0.3) is 0 Å². The predicted octanol–water partition coefficient (Wildman–Crippen LogP) is 3.55. The fraction of sp³-hybridized carbons (Fsp3) is 0.235. The average molecular weight is 362 g/mol. The van der Waals surface area contributed by atoms with Crippen LogP contribution in [0, 0.1) is 0 Å². The minimum atomic E-state index is -2.58. The summed E-state index contributed by atoms with van der Waals surface area (Å²) in [6, 6.07) is 12.0. The Morgan fingerprint density at radius 2 is 1.88 bits per heavy atom. The van der Waals surface area contributed by atoms with Crippen LogP contribution in [0.2, 0.25) is 0 Å². The van der Waals surface area contributed by atoms with Crippen LogP contribution in [-0.4, -0.2) is 26.4 Å². The summed E-state index contributed by atoms with van der Waals surface area (Å²) in [7, 11) is 0. The van der Waals surface area contributed by atoms with E-state index in [4.69, 9.17) is 0 Å². The van der Waals surface area contributed by atoms with Crippen LogP contribution in [0.5, 0.6) is 0 Å². The first-order chi connectivity index (χ1) is 12.0. The minimum absolute atomic E-state index is 0.00874. The zero-order chi connectivity index (χ0) is 18.2. The number of anilines is 4. The number of hydrogen-bond acceptors (Lipinski definition) is 5. The zero-order valence-electron chi connectivity index (χ0n) is 13.7. The number of carboxylic acids is 1. The van der Waals surface area contributed by atoms with Crippen LogP contribution < -0.4 is 15.4 Å². The molecule has 1 unspecified atom stereocenters. The smallest absolute Gasteiger partial charge is 0.335 e. The molecule has 0 saturated carbocycles. The van der Waals surface area contributed by atoms with Crippen molar-refractivity contribution < 1.29 is 18.7 Å². The molecule has 2 rings (SSSR count). The Labute approximate surface area is 148 Å². The van der Waals surface area contributed by atoms with Gasteiger partial charge in [0.15, 0.2) is 0 Å². The van der Waals surface area contributed by atoms with Crippen molar-refractivity contribution in [3.63, 3.8) is 0 Å². The van der Waals surface area contributed by atoms with E-state index < -0.39 is 17.2 Å². The molecule has 0 aliphatic carbocycles. The summed E-state index contributed by atoms with van der Waals surface area (Å²) in [5, 5.41) is 15.6. The quantitative estimate of drug-likeness (QED) is 0.401. The fourth-order valence-corrected chi connectivity index (χ4v) is 2.62. The van der Waals surface area contributed by atoms with Crippen LogP contribution in [0.3, 0.4) is 0 Å². The molecule has 0 amide bonds. The Morgan fingerprint density at radius 3 is 2.48 bits per heavy atom. The van der Waals surface area contributed by atoms with E-state index in [9.17, 15) is 18.7 Å². The number of rotatable bonds is 9. The SMILES string of the molecule is CCCCNc1cc(C(=O)O)cc(NS(=O)[O-])c1Nc1ccccc1. The van der Waals surface area contributed by atoms with Crippen molar-refractivity contribution in [3.8, 4) is 0 Å². The maximum absolute atomic E-state index is 11.4. The molecule has 4 N–H and O–H groups in total. The topological polar surface area (TPSA) is 114 Å². The second-order valence-corrected chi connectivity index (χ2v) is 6.03. The molecule has 0 radical (unpaired) electrons. The molecule has 7 nitrogen and oxygen atoms in total. The molecule has 0 bridgehead atoms. The van der Waals surface area contributed by atoms with Gasteiger partial charge < -0.3 is 25.0 Å². The van der Waals surface area contributed by atoms with Crippen LogP contribution in [0.1, 0.15) is 30.1 Å². The lowest BCUT2D eigenvalue weighted by molar-refractivity contribution is 0.0697. The predicted molar refractivity (Wildman–Crippen MR) is 99.1 cm³/mol. The normalized spacial score (nSPS) is 11.6. The van der Waals surface area contributed by atoms with E-state index >= 15 is 0 Å². The molecular weight excluding hydrogens is 342 g/mol. The van der Waals surface area contributed by atoms with Gasteiger partial charge in [-0.15, -0.1) is 0 Å². The maximum Gasteiger partial charge on any atom is 0.335 e. The average Bonchev–Trinajstić information content (AvgIpc) is 2.57. The van der Waals surface area contributed by atoms with Gasteiger partial charge in [-0.3, -0.25) is 4.21 Å². The number of unbranched alkanes of at least 4 members (excludes halogenated alkanes) is 1. The van der Waals surface area contributed by atoms with Crippen LogP contribution in [0.15, 0.2) is 42.5 Å². The Hall–Kier alpha value is -2.58. The lowest BCUT2D eigenvalue weighted by Gasteiger charge is -2.20. The molecule has 1 atom stereocenters. The summed E-state index contributed by atoms with van der Waals surface area (Å²) in [4.78, 5) is 11.4. The number of nitrogens with one attached hydrogen (secondary N) is 3. The van der Waals surface area contributed by atoms with Gasteiger partial charge in [0.05, 0.1) is 22.6 Å². The van der Waals surface area contributed by atoms with Gasteiger partial charge in [0.2, 0.25) is 0 Å². The number of para-hydroxylation sites is 1. The first-order valence-corrected chi connectivity index (χ1v) is 8.92. The third-order valence-corrected chi connectivity index (χ3v) is 3.85. The molecule has 0 fully saturated rings. The molecule has 0 aromatic heterocycles. The van der Waals surface area contributed by atoms with Gasteiger partial charge in [-0.25, -0.2) is 4.79 Å². The Balaban J connectivity index is 2.48. The molecule has 2 aromatic carbocycles. The van der Waals surface area contributed by atoms with E-state index in [1.165, 1.54) is 12.1 Å². The van der Waals surface area contributed by atoms with Crippen molar-refractivity contribution in [2.45, 2.75) is 19.8 Å². The molecule has 0 aliphatic heterocycles. The first kappa shape index (κ1) is 18.8. The monoisotopic (exact) mass is 362 g/mol. The van der Waals surface area contributed by atoms with E-state index in [2.05, 4.69) is 15.4 Å². The highest BCUT2D eigenvalue weighted by atomic mass is 32.2. The van der Waals surface area contributed by atoms with Crippen molar-refractivity contribution in [3.05, 3.63) is 48.0 Å². The first-order valence-electron chi connectivity index (χ1n) is 7.84. The second kappa shape index (κ2) is 9.05. The molecule has 0 aliphatic rings. The van der Waals surface area contributed by atoms with E-state index in [0.717, 1.165) is 18.5 Å². The summed E-state index contributed by atoms with van der Waals surface area (Å²) in [6.45, 7) is 2.69. The van der Waals surface area contributed by atoms with Gasteiger partial charge in [-0.2, -0.15) is 0 Å². The van der Waals surface area contributed by atoms with Crippen LogP contribution in [0.4, 0.5) is 22.7 Å². The van der Waals surface area contributed by atoms with Crippen molar-refractivity contribution in [2.75, 3.05) is 21.9 Å². The van der Waals surface area contributed by atoms with Gasteiger partial charge in [0.25, 0.3) is 0 Å². The maximum atomic E-state index is 11.4. The Bertz CT molecular complexity index is 753. The molecule has 134 valence electrons. The molecule has 8 heteroatoms. The van der Waals surface area contributed by atoms with Crippen molar-refractivity contribution in [1.29, 1.82) is 0 Å². The molecule has 25 heavy (non-hydrogen) atoms. The van der Waals surface area contributed by atoms with Gasteiger partial charge in [0, 0.05) is 23.5 Å². The van der Waals surface area contributed by atoms with Crippen LogP contribution >= 0.6 is 0 Å². The highest BCUT2D eigenvalue weighted by molar-refractivity contribution is 7.80. The van der Waals surface area contributed by atoms with E-state index in [1.54, 1.807) is 0 Å². The number of benzene rings is 2. The van der Waals surface area contributed by atoms with Gasteiger partial charge in [-0.1, -0.05) is 31.5 Å². The second-order valence-electron chi connectivity index (χ2n) is 5.36. The summed E-state index contributed by atoms with van der Waals surface area (Å²) >= 11 is -2.58. The largest absolute Gasteiger partial charge is 0.755 e. The van der Waals surface area contributed by atoms with E-state index in [0.29, 0.717) is 17.9 Å². The van der Waals surface area contributed by atoms with Gasteiger partial charge >= 0.3 is 5.97 Å². The number of hydrogen-bond donors (Lipinski definition) is 4. The highest BCUT2D eigenvalue weighted by Gasteiger charge is 2.15. The number of carbonyl (C=O) groups is 1. The van der Waals surface area contributed by atoms with E-state index in [1.807, 2.05) is 37.3 Å². The third-order valence-electron chi connectivity index (χ3n) is 3.47. The Kier molecular flexibility index (Phi) is 6.79. The van der Waals surface area contributed by atoms with Crippen LogP contribution in [-0.2, 0) is 11.3 Å². The van der Waals surface area contributed by atoms with Crippen molar-refractivity contribution in [2.24, 2.45) is 0 Å². The summed E-state index contributed by atoms with van der Waals surface area (Å²) in [5.74, 6) is -1.13. The van der Waals surface area contributed by atoms with Crippen molar-refractivity contribution >= 4 is 40.0 Å². The van der Waals surface area contributed by atoms with Gasteiger partial charge in [-0.05, 0) is 30.7 Å². The summed E-state index contributed by atoms with van der Waals surface area (Å²) in [6.07, 6.45) is 1.88. The lowest BCUT2D eigenvalue weighted by Crippen LogP contribution is -2.11. The standard InChI is InChI=1S/C17H21N3O4S/c1-2-3-9-18-14-10-12(17(21)22)11-15(20-25(23)24)16(14)19-13-7-5-4-6-8-13/h4-8,10-11,18-20H,2-3,9H2,1H3,(H,21,22)(H,23,24)/p-1. The summed E-state index contributed by atoms with van der Waals surface area (Å²) < 4.78 is 24.5. The van der Waals surface area contributed by atoms with Crippen molar-refractivity contribution in [1.82, 2.24) is 0 Å². The highest BCUT2D eigenvalue weighted by Crippen LogP contribution is 2.35. The molecule has 0 saturated heterocycles. The molecule has 0 spiro atoms. The number of carboxylic acid groups (broad SMARTS) is 1. The molecule has 2 aromatic rings. The zero-order valence-corrected chi connectivity index (χ0v) is 14.6. The number of aromatic carboxylic acids is 1. The third kappa shape index (κ3) is 5.47. The minimum Gasteiger partial charge on any atom is -0.755 e. The van der Waals surface area contributed by atoms with E-state index in [-0.39, 0.29) is 11.3 Å². The molecular formula is C17H20N3O4S-. The fourth-order valence-electron chi connectivity index (χ4n) is 2.28. The summed E-state index contributed by atoms with van der Waals surface area (Å²) in [5.41, 5.74) is 1.90. The van der Waals surface area contributed by atoms with Gasteiger partial charge in [0.1, 0.15) is 0 Å².